The number of nitrogens with zero attached hydrogens (tertiary/aromatic N) is 1. The summed E-state index contributed by atoms with van der Waals surface area (Å²) in [6, 6.07) is 24.4. The molecule has 198 valence electrons. The molecule has 0 bridgehead atoms. The summed E-state index contributed by atoms with van der Waals surface area (Å²) in [6.45, 7) is 5.34. The average molecular weight is 516 g/mol. The molecule has 2 N–H and O–H groups in total. The van der Waals surface area contributed by atoms with Gasteiger partial charge in [-0.15, -0.1) is 0 Å². The number of carbonyl (C=O) groups excluding carboxylic acids is 3. The average Bonchev–Trinajstić information content (AvgIpc) is 3.20. The van der Waals surface area contributed by atoms with E-state index in [2.05, 4.69) is 22.9 Å². The summed E-state index contributed by atoms with van der Waals surface area (Å²) in [7, 11) is 1.41. The van der Waals surface area contributed by atoms with Crippen molar-refractivity contribution < 1.29 is 23.9 Å². The van der Waals surface area contributed by atoms with Gasteiger partial charge in [-0.1, -0.05) is 78.9 Å². The first-order valence-corrected chi connectivity index (χ1v) is 12.5. The van der Waals surface area contributed by atoms with Crippen molar-refractivity contribution in [2.24, 2.45) is 0 Å². The Balaban J connectivity index is 1.40. The van der Waals surface area contributed by atoms with Gasteiger partial charge in [0.15, 0.2) is 0 Å². The Bertz CT molecular complexity index is 1260. The van der Waals surface area contributed by atoms with E-state index >= 15 is 0 Å². The lowest BCUT2D eigenvalue weighted by Crippen LogP contribution is -2.54. The van der Waals surface area contributed by atoms with Crippen molar-refractivity contribution in [2.45, 2.75) is 44.8 Å². The summed E-state index contributed by atoms with van der Waals surface area (Å²) in [6.07, 6.45) is -1.22. The van der Waals surface area contributed by atoms with Gasteiger partial charge in [0, 0.05) is 19.4 Å². The maximum Gasteiger partial charge on any atom is 0.428 e. The molecule has 0 spiro atoms. The molecule has 4 rings (SSSR count). The Morgan fingerprint density at radius 2 is 1.42 bits per heavy atom. The Kier molecular flexibility index (Phi) is 8.00. The van der Waals surface area contributed by atoms with E-state index < -0.39 is 29.7 Å². The minimum absolute atomic E-state index is 0.102. The van der Waals surface area contributed by atoms with Crippen LogP contribution in [0.3, 0.4) is 0 Å². The molecule has 1 atom stereocenters. The molecular weight excluding hydrogens is 482 g/mol. The number of benzene rings is 3. The fourth-order valence-electron chi connectivity index (χ4n) is 4.49. The molecule has 0 radical (unpaired) electrons. The number of fused-ring (bicyclic) bond motifs is 3. The van der Waals surface area contributed by atoms with Crippen LogP contribution in [0.5, 0.6) is 0 Å². The number of alkyl carbamates (subject to hydrolysis) is 1. The quantitative estimate of drug-likeness (QED) is 0.449. The molecule has 0 aromatic heterocycles. The van der Waals surface area contributed by atoms with Gasteiger partial charge in [0.05, 0.1) is 0 Å². The number of amides is 3. The second-order valence-electron chi connectivity index (χ2n) is 10.2. The molecule has 38 heavy (non-hydrogen) atoms. The second kappa shape index (κ2) is 11.4. The summed E-state index contributed by atoms with van der Waals surface area (Å²) in [5.74, 6) is -0.675. The van der Waals surface area contributed by atoms with Crippen LogP contribution in [0.1, 0.15) is 43.4 Å². The van der Waals surface area contributed by atoms with Crippen LogP contribution < -0.4 is 10.7 Å². The Morgan fingerprint density at radius 1 is 0.868 bits per heavy atom. The molecule has 0 fully saturated rings. The largest absolute Gasteiger partial charge is 0.447 e. The normalized spacial score (nSPS) is 13.1. The van der Waals surface area contributed by atoms with Crippen LogP contribution in [-0.4, -0.2) is 48.4 Å². The maximum atomic E-state index is 13.1. The van der Waals surface area contributed by atoms with E-state index in [1.54, 1.807) is 20.8 Å². The molecule has 3 amide bonds. The van der Waals surface area contributed by atoms with Crippen LogP contribution in [0.2, 0.25) is 0 Å². The molecule has 3 aromatic carbocycles. The van der Waals surface area contributed by atoms with E-state index in [0.717, 1.165) is 32.8 Å². The van der Waals surface area contributed by atoms with E-state index in [0.29, 0.717) is 0 Å². The van der Waals surface area contributed by atoms with E-state index in [1.165, 1.54) is 7.05 Å². The standard InChI is InChI=1S/C30H33N3O5/c1-30(2,3)38-28(35)31-26(18-20-12-6-5-7-13-20)27(34)32-33(4)29(36)37-19-25-23-16-10-8-14-21(23)22-15-9-11-17-24(22)25/h5-17,25-26H,18-19H2,1-4H3,(H,31,35)(H,32,34)/t26-/m0/s1. The third-order valence-corrected chi connectivity index (χ3v) is 6.18. The van der Waals surface area contributed by atoms with Gasteiger partial charge < -0.3 is 14.8 Å². The van der Waals surface area contributed by atoms with Gasteiger partial charge in [0.1, 0.15) is 18.2 Å². The zero-order valence-corrected chi connectivity index (χ0v) is 22.1. The number of hydrogen-bond acceptors (Lipinski definition) is 5. The smallest absolute Gasteiger partial charge is 0.428 e. The molecule has 0 unspecified atom stereocenters. The number of rotatable bonds is 6. The first-order chi connectivity index (χ1) is 18.1. The highest BCUT2D eigenvalue weighted by Gasteiger charge is 2.30. The summed E-state index contributed by atoms with van der Waals surface area (Å²) < 4.78 is 10.9. The Morgan fingerprint density at radius 3 is 2.00 bits per heavy atom. The third kappa shape index (κ3) is 6.51. The summed E-state index contributed by atoms with van der Waals surface area (Å²) in [5, 5.41) is 3.60. The lowest BCUT2D eigenvalue weighted by Gasteiger charge is -2.25. The summed E-state index contributed by atoms with van der Waals surface area (Å²) >= 11 is 0. The topological polar surface area (TPSA) is 97.0 Å². The number of hydrogen-bond donors (Lipinski definition) is 2. The van der Waals surface area contributed by atoms with Crippen molar-refractivity contribution in [1.82, 2.24) is 15.8 Å². The monoisotopic (exact) mass is 515 g/mol. The van der Waals surface area contributed by atoms with Gasteiger partial charge in [0.2, 0.25) is 0 Å². The number of ether oxygens (including phenoxy) is 2. The van der Waals surface area contributed by atoms with Gasteiger partial charge in [-0.25, -0.2) is 14.6 Å². The fraction of sp³-hybridized carbons (Fsp3) is 0.300. The molecular formula is C30H33N3O5. The van der Waals surface area contributed by atoms with Crippen molar-refractivity contribution in [3.05, 3.63) is 95.6 Å². The van der Waals surface area contributed by atoms with Crippen molar-refractivity contribution in [2.75, 3.05) is 13.7 Å². The van der Waals surface area contributed by atoms with Crippen molar-refractivity contribution in [3.63, 3.8) is 0 Å². The number of carbonyl (C=O) groups is 3. The van der Waals surface area contributed by atoms with E-state index in [4.69, 9.17) is 9.47 Å². The second-order valence-corrected chi connectivity index (χ2v) is 10.2. The van der Waals surface area contributed by atoms with Crippen molar-refractivity contribution >= 4 is 18.1 Å². The summed E-state index contributed by atoms with van der Waals surface area (Å²) in [4.78, 5) is 38.4. The third-order valence-electron chi connectivity index (χ3n) is 6.18. The van der Waals surface area contributed by atoms with Gasteiger partial charge in [-0.3, -0.25) is 10.2 Å². The minimum atomic E-state index is -0.976. The molecule has 1 aliphatic carbocycles. The molecule has 8 nitrogen and oxygen atoms in total. The predicted octanol–water partition coefficient (Wildman–Crippen LogP) is 5.03. The van der Waals surface area contributed by atoms with E-state index in [1.807, 2.05) is 66.7 Å². The van der Waals surface area contributed by atoms with Crippen LogP contribution in [-0.2, 0) is 20.7 Å². The predicted molar refractivity (Wildman–Crippen MR) is 144 cm³/mol. The van der Waals surface area contributed by atoms with E-state index in [-0.39, 0.29) is 18.9 Å². The highest BCUT2D eigenvalue weighted by Crippen LogP contribution is 2.44. The molecule has 8 heteroatoms. The molecule has 0 saturated carbocycles. The van der Waals surface area contributed by atoms with Crippen LogP contribution >= 0.6 is 0 Å². The van der Waals surface area contributed by atoms with Crippen LogP contribution in [0.15, 0.2) is 78.9 Å². The number of hydrazine groups is 1. The van der Waals surface area contributed by atoms with Crippen LogP contribution in [0.4, 0.5) is 9.59 Å². The van der Waals surface area contributed by atoms with Gasteiger partial charge in [-0.2, -0.15) is 0 Å². The van der Waals surface area contributed by atoms with Gasteiger partial charge in [-0.05, 0) is 48.6 Å². The number of nitrogens with one attached hydrogen (secondary N) is 2. The first kappa shape index (κ1) is 26.7. The van der Waals surface area contributed by atoms with Crippen molar-refractivity contribution in [3.8, 4) is 11.1 Å². The maximum absolute atomic E-state index is 13.1. The van der Waals surface area contributed by atoms with Crippen LogP contribution in [0.25, 0.3) is 11.1 Å². The highest BCUT2D eigenvalue weighted by atomic mass is 16.6. The lowest BCUT2D eigenvalue weighted by molar-refractivity contribution is -0.127. The molecule has 1 aliphatic rings. The molecule has 0 saturated heterocycles. The van der Waals surface area contributed by atoms with Gasteiger partial charge >= 0.3 is 12.2 Å². The first-order valence-electron chi connectivity index (χ1n) is 12.5. The molecule has 0 heterocycles. The van der Waals surface area contributed by atoms with Crippen LogP contribution in [0, 0.1) is 0 Å². The lowest BCUT2D eigenvalue weighted by atomic mass is 9.98. The zero-order chi connectivity index (χ0) is 27.3. The zero-order valence-electron chi connectivity index (χ0n) is 22.1. The van der Waals surface area contributed by atoms with E-state index in [9.17, 15) is 14.4 Å². The Hall–Kier alpha value is -4.33. The molecule has 3 aromatic rings. The summed E-state index contributed by atoms with van der Waals surface area (Å²) in [5.41, 5.74) is 7.09. The van der Waals surface area contributed by atoms with Gasteiger partial charge in [0.25, 0.3) is 5.91 Å². The molecule has 0 aliphatic heterocycles. The SMILES string of the molecule is CN(NC(=O)[C@H](Cc1ccccc1)NC(=O)OC(C)(C)C)C(=O)OCC1c2ccccc2-c2ccccc21. The fourth-order valence-corrected chi connectivity index (χ4v) is 4.49. The Labute approximate surface area is 222 Å². The van der Waals surface area contributed by atoms with Crippen molar-refractivity contribution in [1.29, 1.82) is 0 Å². The minimum Gasteiger partial charge on any atom is -0.447 e. The highest BCUT2D eigenvalue weighted by molar-refractivity contribution is 5.87.